The van der Waals surface area contributed by atoms with E-state index in [0.717, 1.165) is 44.1 Å². The van der Waals surface area contributed by atoms with Crippen LogP contribution >= 0.6 is 0 Å². The summed E-state index contributed by atoms with van der Waals surface area (Å²) in [4.78, 5) is 13.1. The molecule has 1 aromatic rings. The lowest BCUT2D eigenvalue weighted by atomic mass is 9.96. The molecule has 1 aliphatic rings. The molecule has 0 aliphatic carbocycles. The fourth-order valence-corrected chi connectivity index (χ4v) is 2.62. The van der Waals surface area contributed by atoms with Crippen LogP contribution in [0.15, 0.2) is 18.2 Å². The molecule has 2 rings (SSSR count). The van der Waals surface area contributed by atoms with Crippen molar-refractivity contribution in [2.75, 3.05) is 19.6 Å². The number of halogens is 1. The summed E-state index contributed by atoms with van der Waals surface area (Å²) in [7, 11) is 0. The first-order valence-corrected chi connectivity index (χ1v) is 6.98. The van der Waals surface area contributed by atoms with Crippen LogP contribution in [-0.2, 0) is 11.3 Å². The minimum absolute atomic E-state index is 0.0164. The summed E-state index contributed by atoms with van der Waals surface area (Å²) in [5.41, 5.74) is 0.794. The third-order valence-corrected chi connectivity index (χ3v) is 3.70. The number of carbonyl (C=O) groups excluding carboxylic acids is 1. The Hall–Kier alpha value is -1.62. The van der Waals surface area contributed by atoms with Crippen LogP contribution in [0.3, 0.4) is 0 Å². The van der Waals surface area contributed by atoms with Crippen molar-refractivity contribution in [2.24, 2.45) is 5.92 Å². The Morgan fingerprint density at radius 1 is 1.40 bits per heavy atom. The highest BCUT2D eigenvalue weighted by atomic mass is 19.1. The summed E-state index contributed by atoms with van der Waals surface area (Å²) < 4.78 is 13.2. The zero-order valence-corrected chi connectivity index (χ0v) is 11.7. The summed E-state index contributed by atoms with van der Waals surface area (Å²) in [5.74, 6) is 0.111. The molecular formula is C15H21FN2O2. The zero-order valence-electron chi connectivity index (χ0n) is 11.7. The van der Waals surface area contributed by atoms with Gasteiger partial charge in [0.2, 0.25) is 5.91 Å². The number of amides is 1. The van der Waals surface area contributed by atoms with Crippen LogP contribution in [0, 0.1) is 11.7 Å². The molecule has 5 heteroatoms. The third-order valence-electron chi connectivity index (χ3n) is 3.70. The molecule has 0 saturated carbocycles. The topological polar surface area (TPSA) is 52.6 Å². The fourth-order valence-electron chi connectivity index (χ4n) is 2.62. The Morgan fingerprint density at radius 2 is 2.10 bits per heavy atom. The minimum atomic E-state index is -0.402. The Bertz CT molecular complexity index is 451. The Kier molecular flexibility index (Phi) is 4.95. The molecule has 110 valence electrons. The average molecular weight is 280 g/mol. The van der Waals surface area contributed by atoms with Crippen molar-refractivity contribution in [3.63, 3.8) is 0 Å². The maximum atomic E-state index is 13.2. The summed E-state index contributed by atoms with van der Waals surface area (Å²) in [5, 5.41) is 12.2. The first-order valence-electron chi connectivity index (χ1n) is 6.98. The van der Waals surface area contributed by atoms with E-state index in [2.05, 4.69) is 10.2 Å². The maximum Gasteiger partial charge on any atom is 0.216 e. The van der Waals surface area contributed by atoms with Crippen molar-refractivity contribution in [1.29, 1.82) is 0 Å². The van der Waals surface area contributed by atoms with Crippen molar-refractivity contribution in [2.45, 2.75) is 26.3 Å². The van der Waals surface area contributed by atoms with Crippen LogP contribution in [0.1, 0.15) is 25.3 Å². The van der Waals surface area contributed by atoms with Crippen molar-refractivity contribution in [1.82, 2.24) is 10.2 Å². The van der Waals surface area contributed by atoms with Gasteiger partial charge in [0.25, 0.3) is 0 Å². The van der Waals surface area contributed by atoms with Gasteiger partial charge in [-0.2, -0.15) is 0 Å². The van der Waals surface area contributed by atoms with E-state index in [1.807, 2.05) is 0 Å². The van der Waals surface area contributed by atoms with Crippen molar-refractivity contribution in [3.05, 3.63) is 29.6 Å². The number of benzene rings is 1. The monoisotopic (exact) mass is 280 g/mol. The van der Waals surface area contributed by atoms with Crippen molar-refractivity contribution >= 4 is 5.91 Å². The van der Waals surface area contributed by atoms with Crippen LogP contribution < -0.4 is 5.32 Å². The van der Waals surface area contributed by atoms with E-state index in [9.17, 15) is 14.3 Å². The van der Waals surface area contributed by atoms with E-state index >= 15 is 0 Å². The molecule has 0 aromatic heterocycles. The lowest BCUT2D eigenvalue weighted by Gasteiger charge is -2.32. The summed E-state index contributed by atoms with van der Waals surface area (Å²) in [6.07, 6.45) is 2.06. The number of likely N-dealkylation sites (tertiary alicyclic amines) is 1. The second-order valence-electron chi connectivity index (χ2n) is 5.47. The molecule has 2 N–H and O–H groups in total. The highest BCUT2D eigenvalue weighted by molar-refractivity contribution is 5.72. The van der Waals surface area contributed by atoms with Gasteiger partial charge in [-0.1, -0.05) is 0 Å². The lowest BCUT2D eigenvalue weighted by molar-refractivity contribution is -0.119. The molecule has 0 unspecified atom stereocenters. The molecule has 1 fully saturated rings. The number of nitrogens with one attached hydrogen (secondary N) is 1. The van der Waals surface area contributed by atoms with E-state index in [4.69, 9.17) is 0 Å². The number of phenols is 1. The standard InChI is InChI=1S/C15H21FN2O2/c1-11(19)17-9-12-2-4-18(5-3-12)10-13-6-14(16)8-15(20)7-13/h6-8,12,20H,2-5,9-10H2,1H3,(H,17,19). The van der Waals surface area contributed by atoms with Gasteiger partial charge < -0.3 is 10.4 Å². The van der Waals surface area contributed by atoms with Crippen LogP contribution in [0.25, 0.3) is 0 Å². The number of piperidine rings is 1. The van der Waals surface area contributed by atoms with Gasteiger partial charge in [-0.3, -0.25) is 9.69 Å². The normalized spacial score (nSPS) is 17.1. The maximum absolute atomic E-state index is 13.2. The Balaban J connectivity index is 1.80. The molecular weight excluding hydrogens is 259 g/mol. The van der Waals surface area contributed by atoms with Gasteiger partial charge in [0.05, 0.1) is 0 Å². The van der Waals surface area contributed by atoms with E-state index in [1.165, 1.54) is 13.0 Å². The van der Waals surface area contributed by atoms with Crippen molar-refractivity contribution < 1.29 is 14.3 Å². The van der Waals surface area contributed by atoms with Crippen LogP contribution in [-0.4, -0.2) is 35.5 Å². The molecule has 1 saturated heterocycles. The first kappa shape index (κ1) is 14.8. The smallest absolute Gasteiger partial charge is 0.216 e. The second kappa shape index (κ2) is 6.70. The van der Waals surface area contributed by atoms with Gasteiger partial charge in [-0.05, 0) is 49.5 Å². The van der Waals surface area contributed by atoms with E-state index in [0.29, 0.717) is 12.5 Å². The van der Waals surface area contributed by atoms with Gasteiger partial charge in [-0.15, -0.1) is 0 Å². The number of hydrogen-bond acceptors (Lipinski definition) is 3. The van der Waals surface area contributed by atoms with Gasteiger partial charge >= 0.3 is 0 Å². The van der Waals surface area contributed by atoms with Crippen LogP contribution in [0.5, 0.6) is 5.75 Å². The third kappa shape index (κ3) is 4.49. The quantitative estimate of drug-likeness (QED) is 0.885. The molecule has 0 atom stereocenters. The molecule has 0 radical (unpaired) electrons. The largest absolute Gasteiger partial charge is 0.508 e. The van der Waals surface area contributed by atoms with E-state index < -0.39 is 5.82 Å². The number of phenolic OH excluding ortho intramolecular Hbond substituents is 1. The molecule has 1 aromatic carbocycles. The Labute approximate surface area is 118 Å². The summed E-state index contributed by atoms with van der Waals surface area (Å²) >= 11 is 0. The van der Waals surface area contributed by atoms with Crippen LogP contribution in [0.4, 0.5) is 4.39 Å². The predicted molar refractivity (Wildman–Crippen MR) is 74.7 cm³/mol. The summed E-state index contributed by atoms with van der Waals surface area (Å²) in [6, 6.07) is 4.18. The highest BCUT2D eigenvalue weighted by Crippen LogP contribution is 2.21. The molecule has 1 heterocycles. The zero-order chi connectivity index (χ0) is 14.5. The SMILES string of the molecule is CC(=O)NCC1CCN(Cc2cc(O)cc(F)c2)CC1. The molecule has 20 heavy (non-hydrogen) atoms. The van der Waals surface area contributed by atoms with Gasteiger partial charge in [0, 0.05) is 26.1 Å². The molecule has 0 bridgehead atoms. The van der Waals surface area contributed by atoms with Crippen molar-refractivity contribution in [3.8, 4) is 5.75 Å². The molecule has 4 nitrogen and oxygen atoms in total. The number of nitrogens with zero attached hydrogens (tertiary/aromatic N) is 1. The van der Waals surface area contributed by atoms with Gasteiger partial charge in [0.1, 0.15) is 11.6 Å². The Morgan fingerprint density at radius 3 is 2.70 bits per heavy atom. The fraction of sp³-hybridized carbons (Fsp3) is 0.533. The number of rotatable bonds is 4. The average Bonchev–Trinajstić information content (AvgIpc) is 2.36. The summed E-state index contributed by atoms with van der Waals surface area (Å²) in [6.45, 7) is 4.79. The first-order chi connectivity index (χ1) is 9.52. The predicted octanol–water partition coefficient (Wildman–Crippen LogP) is 1.88. The molecule has 1 aliphatic heterocycles. The minimum Gasteiger partial charge on any atom is -0.508 e. The lowest BCUT2D eigenvalue weighted by Crippen LogP contribution is -2.37. The molecule has 1 amide bonds. The molecule has 0 spiro atoms. The second-order valence-corrected chi connectivity index (χ2v) is 5.47. The highest BCUT2D eigenvalue weighted by Gasteiger charge is 2.19. The number of aromatic hydroxyl groups is 1. The van der Waals surface area contributed by atoms with Gasteiger partial charge in [-0.25, -0.2) is 4.39 Å². The number of carbonyl (C=O) groups is 1. The van der Waals surface area contributed by atoms with Gasteiger partial charge in [0.15, 0.2) is 0 Å². The van der Waals surface area contributed by atoms with E-state index in [1.54, 1.807) is 6.07 Å². The van der Waals surface area contributed by atoms with Crippen LogP contribution in [0.2, 0.25) is 0 Å². The van der Waals surface area contributed by atoms with E-state index in [-0.39, 0.29) is 11.7 Å². The number of hydrogen-bond donors (Lipinski definition) is 2.